The summed E-state index contributed by atoms with van der Waals surface area (Å²) >= 11 is 1.85. The lowest BCUT2D eigenvalue weighted by Gasteiger charge is -2.22. The van der Waals surface area contributed by atoms with Crippen LogP contribution in [-0.4, -0.2) is 0 Å². The zero-order chi connectivity index (χ0) is 27.6. The van der Waals surface area contributed by atoms with Gasteiger partial charge in [-0.3, -0.25) is 0 Å². The van der Waals surface area contributed by atoms with Crippen LogP contribution < -0.4 is 4.74 Å². The van der Waals surface area contributed by atoms with Gasteiger partial charge in [0.05, 0.1) is 0 Å². The number of rotatable bonds is 3. The van der Waals surface area contributed by atoms with Gasteiger partial charge >= 0.3 is 0 Å². The van der Waals surface area contributed by atoms with Crippen molar-refractivity contribution < 1.29 is 4.74 Å². The molecule has 0 saturated heterocycles. The molecule has 1 nitrogen and oxygen atoms in total. The minimum atomic E-state index is 0.918. The Labute approximate surface area is 247 Å². The standard InChI is InChI=1S/C40H24OS/c1-2-10-26-25(9-1)19-20-30-27(26)14-7-15-28(30)29-11-3-4-13-32(29)38-23-24-39(42-38)33-21-22-37-40-34(16-8-17-35(33)40)31-12-5-6-18-36(31)41-37/h1-24H. The van der Waals surface area contributed by atoms with E-state index in [0.29, 0.717) is 0 Å². The van der Waals surface area contributed by atoms with Gasteiger partial charge in [0.2, 0.25) is 0 Å². The van der Waals surface area contributed by atoms with Gasteiger partial charge in [0.1, 0.15) is 11.5 Å². The van der Waals surface area contributed by atoms with E-state index in [4.69, 9.17) is 4.74 Å². The van der Waals surface area contributed by atoms with Crippen LogP contribution in [0, 0.1) is 0 Å². The highest BCUT2D eigenvalue weighted by atomic mass is 32.1. The highest BCUT2D eigenvalue weighted by Crippen LogP contribution is 2.50. The van der Waals surface area contributed by atoms with Crippen LogP contribution in [0.1, 0.15) is 0 Å². The molecule has 7 aromatic carbocycles. The largest absolute Gasteiger partial charge is 0.456 e. The molecule has 0 spiro atoms. The van der Waals surface area contributed by atoms with Crippen LogP contribution in [0.25, 0.3) is 75.5 Å². The SMILES string of the molecule is c1ccc2c(c1)Oc1ccc(-c3ccc(-c4ccccc4-c4cccc5c4ccc4ccccc45)s3)c3cccc-2c13. The summed E-state index contributed by atoms with van der Waals surface area (Å²) in [6.07, 6.45) is 0. The van der Waals surface area contributed by atoms with E-state index in [-0.39, 0.29) is 0 Å². The third-order valence-electron chi connectivity index (χ3n) is 8.54. The highest BCUT2D eigenvalue weighted by molar-refractivity contribution is 7.19. The van der Waals surface area contributed by atoms with Crippen LogP contribution in [0.3, 0.4) is 0 Å². The van der Waals surface area contributed by atoms with Crippen LogP contribution in [0.4, 0.5) is 0 Å². The maximum Gasteiger partial charge on any atom is 0.135 e. The van der Waals surface area contributed by atoms with Crippen LogP contribution in [0.2, 0.25) is 0 Å². The summed E-state index contributed by atoms with van der Waals surface area (Å²) < 4.78 is 6.34. The summed E-state index contributed by atoms with van der Waals surface area (Å²) in [6.45, 7) is 0. The molecule has 0 fully saturated rings. The molecule has 196 valence electrons. The molecule has 42 heavy (non-hydrogen) atoms. The van der Waals surface area contributed by atoms with E-state index < -0.39 is 0 Å². The topological polar surface area (TPSA) is 9.23 Å². The Morgan fingerprint density at radius 3 is 1.90 bits per heavy atom. The summed E-state index contributed by atoms with van der Waals surface area (Å²) in [7, 11) is 0. The van der Waals surface area contributed by atoms with Gasteiger partial charge in [0.15, 0.2) is 0 Å². The van der Waals surface area contributed by atoms with Crippen molar-refractivity contribution in [3.8, 4) is 54.6 Å². The summed E-state index contributed by atoms with van der Waals surface area (Å²) in [4.78, 5) is 2.52. The lowest BCUT2D eigenvalue weighted by Crippen LogP contribution is -1.97. The van der Waals surface area contributed by atoms with Crippen molar-refractivity contribution >= 4 is 43.7 Å². The van der Waals surface area contributed by atoms with Gasteiger partial charge in [-0.25, -0.2) is 0 Å². The minimum absolute atomic E-state index is 0.918. The van der Waals surface area contributed by atoms with E-state index >= 15 is 0 Å². The Morgan fingerprint density at radius 1 is 0.333 bits per heavy atom. The molecule has 8 aromatic rings. The number of para-hydroxylation sites is 1. The van der Waals surface area contributed by atoms with Gasteiger partial charge in [-0.05, 0) is 85.1 Å². The Balaban J connectivity index is 1.19. The van der Waals surface area contributed by atoms with Crippen LogP contribution in [0.5, 0.6) is 11.5 Å². The van der Waals surface area contributed by atoms with Crippen LogP contribution >= 0.6 is 11.3 Å². The average molecular weight is 553 g/mol. The molecule has 0 saturated carbocycles. The molecule has 2 heterocycles. The molecule has 9 rings (SSSR count). The first-order chi connectivity index (χ1) is 20.8. The maximum absolute atomic E-state index is 6.34. The normalized spacial score (nSPS) is 12.0. The Bertz CT molecular complexity index is 2340. The van der Waals surface area contributed by atoms with Crippen molar-refractivity contribution in [2.24, 2.45) is 0 Å². The smallest absolute Gasteiger partial charge is 0.135 e. The maximum atomic E-state index is 6.34. The average Bonchev–Trinajstić information content (AvgIpc) is 3.55. The predicted molar refractivity (Wildman–Crippen MR) is 179 cm³/mol. The third-order valence-corrected chi connectivity index (χ3v) is 9.69. The van der Waals surface area contributed by atoms with E-state index in [9.17, 15) is 0 Å². The number of benzene rings is 7. The quantitative estimate of drug-likeness (QED) is 0.198. The lowest BCUT2D eigenvalue weighted by atomic mass is 9.92. The van der Waals surface area contributed by atoms with Crippen molar-refractivity contribution in [1.82, 2.24) is 0 Å². The molecule has 1 aliphatic heterocycles. The summed E-state index contributed by atoms with van der Waals surface area (Å²) in [5, 5.41) is 7.55. The van der Waals surface area contributed by atoms with Gasteiger partial charge in [0, 0.05) is 20.7 Å². The van der Waals surface area contributed by atoms with Gasteiger partial charge in [0.25, 0.3) is 0 Å². The lowest BCUT2D eigenvalue weighted by molar-refractivity contribution is 0.487. The molecule has 0 N–H and O–H groups in total. The zero-order valence-electron chi connectivity index (χ0n) is 22.7. The van der Waals surface area contributed by atoms with Crippen LogP contribution in [-0.2, 0) is 0 Å². The van der Waals surface area contributed by atoms with Crippen molar-refractivity contribution in [3.05, 3.63) is 146 Å². The third kappa shape index (κ3) is 3.49. The number of thiophene rings is 1. The van der Waals surface area contributed by atoms with Gasteiger partial charge in [-0.15, -0.1) is 11.3 Å². The number of fused-ring (bicyclic) bond motifs is 5. The first-order valence-corrected chi connectivity index (χ1v) is 15.1. The molecule has 1 aromatic heterocycles. The molecule has 0 radical (unpaired) electrons. The zero-order valence-corrected chi connectivity index (χ0v) is 23.5. The second-order valence-electron chi connectivity index (χ2n) is 10.8. The van der Waals surface area contributed by atoms with E-state index in [0.717, 1.165) is 17.1 Å². The van der Waals surface area contributed by atoms with E-state index in [2.05, 4.69) is 133 Å². The van der Waals surface area contributed by atoms with E-state index in [1.165, 1.54) is 69.9 Å². The van der Waals surface area contributed by atoms with E-state index in [1.54, 1.807) is 0 Å². The van der Waals surface area contributed by atoms with E-state index in [1.807, 2.05) is 23.5 Å². The monoisotopic (exact) mass is 552 g/mol. The highest BCUT2D eigenvalue weighted by Gasteiger charge is 2.22. The molecule has 0 amide bonds. The first kappa shape index (κ1) is 23.5. The molecule has 0 atom stereocenters. The molecule has 0 bridgehead atoms. The number of hydrogen-bond acceptors (Lipinski definition) is 2. The summed E-state index contributed by atoms with van der Waals surface area (Å²) in [5.41, 5.74) is 7.40. The molecule has 0 unspecified atom stereocenters. The van der Waals surface area contributed by atoms with Gasteiger partial charge in [-0.1, -0.05) is 115 Å². The summed E-state index contributed by atoms with van der Waals surface area (Å²) in [5.74, 6) is 1.84. The van der Waals surface area contributed by atoms with Crippen molar-refractivity contribution in [2.45, 2.75) is 0 Å². The van der Waals surface area contributed by atoms with Crippen LogP contribution in [0.15, 0.2) is 146 Å². The Kier molecular flexibility index (Phi) is 5.13. The fourth-order valence-electron chi connectivity index (χ4n) is 6.63. The second-order valence-corrected chi connectivity index (χ2v) is 11.9. The minimum Gasteiger partial charge on any atom is -0.456 e. The molecule has 0 aliphatic carbocycles. The van der Waals surface area contributed by atoms with Gasteiger partial charge < -0.3 is 4.74 Å². The Morgan fingerprint density at radius 2 is 1.00 bits per heavy atom. The van der Waals surface area contributed by atoms with Crippen molar-refractivity contribution in [2.75, 3.05) is 0 Å². The van der Waals surface area contributed by atoms with Crippen molar-refractivity contribution in [3.63, 3.8) is 0 Å². The fraction of sp³-hybridized carbons (Fsp3) is 0. The van der Waals surface area contributed by atoms with Crippen molar-refractivity contribution in [1.29, 1.82) is 0 Å². The molecular weight excluding hydrogens is 529 g/mol. The Hall–Kier alpha value is -5.18. The second kappa shape index (κ2) is 9.17. The van der Waals surface area contributed by atoms with Gasteiger partial charge in [-0.2, -0.15) is 0 Å². The molecule has 2 heteroatoms. The number of hydrogen-bond donors (Lipinski definition) is 0. The number of ether oxygens (including phenoxy) is 1. The fourth-order valence-corrected chi connectivity index (χ4v) is 7.72. The first-order valence-electron chi connectivity index (χ1n) is 14.3. The molecule has 1 aliphatic rings. The predicted octanol–water partition coefficient (Wildman–Crippen LogP) is 12.0. The summed E-state index contributed by atoms with van der Waals surface area (Å²) in [6, 6.07) is 52.5. The molecular formula is C40H24OS.